The van der Waals surface area contributed by atoms with E-state index in [1.165, 1.54) is 42.0 Å². The molecule has 0 saturated carbocycles. The first-order valence-corrected chi connectivity index (χ1v) is 7.54. The highest BCUT2D eigenvalue weighted by Crippen LogP contribution is 2.25. The van der Waals surface area contributed by atoms with Crippen molar-refractivity contribution in [2.24, 2.45) is 0 Å². The number of halogens is 1. The van der Waals surface area contributed by atoms with E-state index in [4.69, 9.17) is 4.74 Å². The minimum atomic E-state index is -0.409. The van der Waals surface area contributed by atoms with Crippen LogP contribution in [-0.2, 0) is 4.79 Å². The van der Waals surface area contributed by atoms with Crippen molar-refractivity contribution in [3.05, 3.63) is 29.6 Å². The average molecular weight is 312 g/mol. The molecule has 1 atom stereocenters. The molecule has 5 nitrogen and oxygen atoms in total. The Morgan fingerprint density at radius 3 is 2.95 bits per heavy atom. The number of rotatable bonds is 5. The van der Waals surface area contributed by atoms with Crippen LogP contribution in [0, 0.1) is 5.82 Å². The average Bonchev–Trinajstić information content (AvgIpc) is 2.84. The Hall–Kier alpha value is -1.76. The van der Waals surface area contributed by atoms with E-state index >= 15 is 0 Å². The third-order valence-corrected chi connectivity index (χ3v) is 4.11. The van der Waals surface area contributed by atoms with Crippen molar-refractivity contribution in [1.82, 2.24) is 10.2 Å². The third kappa shape index (κ3) is 3.87. The van der Waals surface area contributed by atoms with Crippen LogP contribution in [0.1, 0.15) is 18.5 Å². The van der Waals surface area contributed by atoms with E-state index in [1.54, 1.807) is 6.92 Å². The summed E-state index contributed by atoms with van der Waals surface area (Å²) in [6.07, 6.45) is 0. The Kier molecular flexibility index (Phi) is 5.06. The predicted octanol–water partition coefficient (Wildman–Crippen LogP) is 2.18. The highest BCUT2D eigenvalue weighted by atomic mass is 32.2. The van der Waals surface area contributed by atoms with Crippen LogP contribution in [0.25, 0.3) is 0 Å². The van der Waals surface area contributed by atoms with Gasteiger partial charge in [0, 0.05) is 17.9 Å². The number of methoxy groups -OCH3 is 1. The fourth-order valence-corrected chi connectivity index (χ4v) is 2.98. The maximum atomic E-state index is 13.3. The molecule has 21 heavy (non-hydrogen) atoms. The number of nitrogens with one attached hydrogen (secondary N) is 1. The van der Waals surface area contributed by atoms with Gasteiger partial charge in [0.05, 0.1) is 13.2 Å². The van der Waals surface area contributed by atoms with Crippen LogP contribution >= 0.6 is 11.8 Å². The largest absolute Gasteiger partial charge is 0.496 e. The van der Waals surface area contributed by atoms with Crippen LogP contribution in [0.4, 0.5) is 9.18 Å². The maximum Gasteiger partial charge on any atom is 0.282 e. The van der Waals surface area contributed by atoms with Gasteiger partial charge in [-0.2, -0.15) is 0 Å². The van der Waals surface area contributed by atoms with Crippen LogP contribution in [0.5, 0.6) is 5.75 Å². The van der Waals surface area contributed by atoms with E-state index in [0.717, 1.165) is 0 Å². The summed E-state index contributed by atoms with van der Waals surface area (Å²) in [5.41, 5.74) is 0.563. The fraction of sp³-hybridized carbons (Fsp3) is 0.429. The molecule has 1 aliphatic heterocycles. The summed E-state index contributed by atoms with van der Waals surface area (Å²) in [7, 11) is 1.49. The first kappa shape index (κ1) is 15.6. The minimum absolute atomic E-state index is 0.0216. The van der Waals surface area contributed by atoms with Gasteiger partial charge < -0.3 is 15.0 Å². The van der Waals surface area contributed by atoms with Gasteiger partial charge in [-0.25, -0.2) is 4.39 Å². The molecule has 1 fully saturated rings. The number of amides is 2. The van der Waals surface area contributed by atoms with Crippen LogP contribution in [0.3, 0.4) is 0 Å². The number of carbonyl (C=O) groups excluding carboxylic acids is 2. The molecule has 0 spiro atoms. The molecular weight excluding hydrogens is 295 g/mol. The molecule has 1 heterocycles. The number of benzene rings is 1. The second-order valence-electron chi connectivity index (χ2n) is 4.71. The molecule has 0 unspecified atom stereocenters. The summed E-state index contributed by atoms with van der Waals surface area (Å²) in [6.45, 7) is 2.35. The van der Waals surface area contributed by atoms with Crippen LogP contribution in [-0.4, -0.2) is 42.0 Å². The van der Waals surface area contributed by atoms with Gasteiger partial charge in [-0.3, -0.25) is 9.59 Å². The summed E-state index contributed by atoms with van der Waals surface area (Å²) < 4.78 is 18.5. The van der Waals surface area contributed by atoms with Gasteiger partial charge in [0.15, 0.2) is 0 Å². The van der Waals surface area contributed by atoms with E-state index in [2.05, 4.69) is 5.32 Å². The molecule has 0 aliphatic carbocycles. The van der Waals surface area contributed by atoms with Gasteiger partial charge in [0.1, 0.15) is 18.1 Å². The number of hydrogen-bond donors (Lipinski definition) is 1. The lowest BCUT2D eigenvalue weighted by Gasteiger charge is -2.19. The molecule has 2 amide bonds. The van der Waals surface area contributed by atoms with Crippen molar-refractivity contribution < 1.29 is 18.7 Å². The van der Waals surface area contributed by atoms with E-state index < -0.39 is 11.9 Å². The van der Waals surface area contributed by atoms with Gasteiger partial charge in [0.2, 0.25) is 5.91 Å². The summed E-state index contributed by atoms with van der Waals surface area (Å²) in [6, 6.07) is 3.75. The summed E-state index contributed by atoms with van der Waals surface area (Å²) >= 11 is 1.21. The number of carbonyl (C=O) groups is 2. The maximum absolute atomic E-state index is 13.3. The third-order valence-electron chi connectivity index (χ3n) is 3.22. The zero-order valence-electron chi connectivity index (χ0n) is 11.9. The minimum Gasteiger partial charge on any atom is -0.496 e. The molecule has 114 valence electrons. The monoisotopic (exact) mass is 312 g/mol. The van der Waals surface area contributed by atoms with Crippen molar-refractivity contribution in [2.45, 2.75) is 13.0 Å². The second-order valence-corrected chi connectivity index (χ2v) is 5.76. The summed E-state index contributed by atoms with van der Waals surface area (Å²) in [5, 5.41) is 2.67. The Bertz CT molecular complexity index is 553. The number of hydrogen-bond acceptors (Lipinski definition) is 4. The topological polar surface area (TPSA) is 58.6 Å². The van der Waals surface area contributed by atoms with Crippen LogP contribution in [0.15, 0.2) is 18.2 Å². The highest BCUT2D eigenvalue weighted by Gasteiger charge is 2.24. The van der Waals surface area contributed by atoms with Crippen LogP contribution in [0.2, 0.25) is 0 Å². The lowest BCUT2D eigenvalue weighted by atomic mass is 10.1. The molecule has 1 N–H and O–H groups in total. The molecule has 0 bridgehead atoms. The number of nitrogens with zero attached hydrogens (tertiary/aromatic N) is 1. The molecule has 1 aromatic rings. The molecule has 0 aromatic heterocycles. The number of ether oxygens (including phenoxy) is 1. The first-order valence-electron chi connectivity index (χ1n) is 6.55. The first-order chi connectivity index (χ1) is 10.0. The van der Waals surface area contributed by atoms with Gasteiger partial charge in [0.25, 0.3) is 5.24 Å². The van der Waals surface area contributed by atoms with Crippen LogP contribution < -0.4 is 10.1 Å². The summed E-state index contributed by atoms with van der Waals surface area (Å²) in [4.78, 5) is 24.9. The van der Waals surface area contributed by atoms with Crippen molar-refractivity contribution in [3.63, 3.8) is 0 Å². The SMILES string of the molecule is COc1ccc(F)cc1[C@H](C)NC(=O)CN1CCSC1=O. The Labute approximate surface area is 126 Å². The standard InChI is InChI=1S/C14H17FN2O3S/c1-9(11-7-10(15)3-4-12(11)20-2)16-13(18)8-17-5-6-21-14(17)19/h3-4,7,9H,5-6,8H2,1-2H3,(H,16,18)/t9-/m0/s1. The lowest BCUT2D eigenvalue weighted by Crippen LogP contribution is -2.38. The second kappa shape index (κ2) is 6.80. The van der Waals surface area contributed by atoms with Gasteiger partial charge in [-0.05, 0) is 25.1 Å². The Morgan fingerprint density at radius 1 is 1.57 bits per heavy atom. The fourth-order valence-electron chi connectivity index (χ4n) is 2.15. The zero-order chi connectivity index (χ0) is 15.4. The van der Waals surface area contributed by atoms with Crippen molar-refractivity contribution in [3.8, 4) is 5.75 Å². The van der Waals surface area contributed by atoms with Gasteiger partial charge in [-0.1, -0.05) is 11.8 Å². The molecule has 1 aromatic carbocycles. The van der Waals surface area contributed by atoms with Crippen molar-refractivity contribution in [2.75, 3.05) is 26.0 Å². The molecule has 0 radical (unpaired) electrons. The lowest BCUT2D eigenvalue weighted by molar-refractivity contribution is -0.122. The van der Waals surface area contributed by atoms with Crippen molar-refractivity contribution in [1.29, 1.82) is 0 Å². The Morgan fingerprint density at radius 2 is 2.33 bits per heavy atom. The molecule has 1 saturated heterocycles. The highest BCUT2D eigenvalue weighted by molar-refractivity contribution is 8.13. The molecular formula is C14H17FN2O3S. The van der Waals surface area contributed by atoms with Gasteiger partial charge >= 0.3 is 0 Å². The molecule has 1 aliphatic rings. The van der Waals surface area contributed by atoms with E-state index in [-0.39, 0.29) is 17.7 Å². The van der Waals surface area contributed by atoms with E-state index in [9.17, 15) is 14.0 Å². The van der Waals surface area contributed by atoms with E-state index in [1.807, 2.05) is 0 Å². The molecule has 7 heteroatoms. The summed E-state index contributed by atoms with van der Waals surface area (Å²) in [5.74, 6) is 0.555. The Balaban J connectivity index is 2.00. The smallest absolute Gasteiger partial charge is 0.282 e. The zero-order valence-corrected chi connectivity index (χ0v) is 12.7. The number of thioether (sulfide) groups is 1. The van der Waals surface area contributed by atoms with Gasteiger partial charge in [-0.15, -0.1) is 0 Å². The van der Waals surface area contributed by atoms with Crippen molar-refractivity contribution >= 4 is 22.9 Å². The predicted molar refractivity (Wildman–Crippen MR) is 78.9 cm³/mol. The van der Waals surface area contributed by atoms with E-state index in [0.29, 0.717) is 23.6 Å². The molecule has 2 rings (SSSR count). The quantitative estimate of drug-likeness (QED) is 0.905. The normalized spacial score (nSPS) is 16.0.